The fraction of sp³-hybridized carbons (Fsp3) is 0.444. The molecule has 1 amide bonds. The summed E-state index contributed by atoms with van der Waals surface area (Å²) in [6.07, 6.45) is 1.72. The number of amides is 1. The van der Waals surface area contributed by atoms with Crippen molar-refractivity contribution in [3.8, 4) is 0 Å². The maximum Gasteiger partial charge on any atom is 0.242 e. The van der Waals surface area contributed by atoms with Gasteiger partial charge in [-0.05, 0) is 19.4 Å². The molecular weight excluding hydrogens is 322 g/mol. The van der Waals surface area contributed by atoms with Crippen LogP contribution in [0.25, 0.3) is 0 Å². The van der Waals surface area contributed by atoms with E-state index in [-0.39, 0.29) is 24.1 Å². The van der Waals surface area contributed by atoms with Gasteiger partial charge in [-0.15, -0.1) is 11.3 Å². The molecule has 3 rings (SSSR count). The zero-order valence-corrected chi connectivity index (χ0v) is 14.8. The SMILES string of the molecule is CC(C)NC(=O)[C@H](c1ccccc1)N1CCO[C@H](c2nccs2)C1. The van der Waals surface area contributed by atoms with Gasteiger partial charge in [0.2, 0.25) is 5.91 Å². The van der Waals surface area contributed by atoms with E-state index >= 15 is 0 Å². The second-order valence-corrected chi connectivity index (χ2v) is 7.13. The van der Waals surface area contributed by atoms with Crippen LogP contribution in [0.1, 0.15) is 36.6 Å². The average molecular weight is 345 g/mol. The number of morpholine rings is 1. The van der Waals surface area contributed by atoms with Crippen LogP contribution in [0.5, 0.6) is 0 Å². The van der Waals surface area contributed by atoms with E-state index in [0.717, 1.165) is 17.1 Å². The summed E-state index contributed by atoms with van der Waals surface area (Å²) in [5.41, 5.74) is 1.01. The number of carbonyl (C=O) groups excluding carboxylic acids is 1. The maximum atomic E-state index is 12.8. The number of rotatable bonds is 5. The van der Waals surface area contributed by atoms with Crippen molar-refractivity contribution in [2.45, 2.75) is 32.0 Å². The van der Waals surface area contributed by atoms with E-state index in [1.54, 1.807) is 17.5 Å². The molecule has 0 unspecified atom stereocenters. The highest BCUT2D eigenvalue weighted by atomic mass is 32.1. The molecule has 0 aliphatic carbocycles. The molecule has 24 heavy (non-hydrogen) atoms. The molecule has 1 N–H and O–H groups in total. The zero-order chi connectivity index (χ0) is 16.9. The minimum absolute atomic E-state index is 0.0380. The number of hydrogen-bond donors (Lipinski definition) is 1. The lowest BCUT2D eigenvalue weighted by atomic mass is 10.0. The summed E-state index contributed by atoms with van der Waals surface area (Å²) in [6.45, 7) is 5.96. The summed E-state index contributed by atoms with van der Waals surface area (Å²) >= 11 is 1.59. The van der Waals surface area contributed by atoms with E-state index in [1.807, 2.05) is 49.6 Å². The molecule has 1 saturated heterocycles. The van der Waals surface area contributed by atoms with Crippen LogP contribution in [0, 0.1) is 0 Å². The van der Waals surface area contributed by atoms with Crippen molar-refractivity contribution in [3.63, 3.8) is 0 Å². The number of nitrogens with zero attached hydrogens (tertiary/aromatic N) is 2. The third-order valence-electron chi connectivity index (χ3n) is 3.98. The highest BCUT2D eigenvalue weighted by Gasteiger charge is 2.33. The molecule has 0 spiro atoms. The molecular formula is C18H23N3O2S. The first-order valence-corrected chi connectivity index (χ1v) is 9.13. The van der Waals surface area contributed by atoms with Crippen LogP contribution in [0.15, 0.2) is 41.9 Å². The zero-order valence-electron chi connectivity index (χ0n) is 14.0. The van der Waals surface area contributed by atoms with Crippen LogP contribution in [0.4, 0.5) is 0 Å². The molecule has 1 fully saturated rings. The van der Waals surface area contributed by atoms with Gasteiger partial charge in [-0.25, -0.2) is 4.98 Å². The second kappa shape index (κ2) is 7.88. The molecule has 6 heteroatoms. The van der Waals surface area contributed by atoms with Crippen molar-refractivity contribution in [3.05, 3.63) is 52.5 Å². The van der Waals surface area contributed by atoms with Crippen molar-refractivity contribution >= 4 is 17.2 Å². The molecule has 1 aliphatic heterocycles. The van der Waals surface area contributed by atoms with E-state index < -0.39 is 0 Å². The van der Waals surface area contributed by atoms with Crippen LogP contribution in [-0.4, -0.2) is 41.5 Å². The summed E-state index contributed by atoms with van der Waals surface area (Å²) in [6, 6.07) is 9.75. The Labute approximate surface area is 146 Å². The minimum atomic E-state index is -0.306. The molecule has 0 bridgehead atoms. The van der Waals surface area contributed by atoms with Crippen LogP contribution < -0.4 is 5.32 Å². The summed E-state index contributed by atoms with van der Waals surface area (Å²) in [7, 11) is 0. The predicted molar refractivity (Wildman–Crippen MR) is 94.8 cm³/mol. The molecule has 128 valence electrons. The number of hydrogen-bond acceptors (Lipinski definition) is 5. The summed E-state index contributed by atoms with van der Waals surface area (Å²) < 4.78 is 5.87. The number of carbonyl (C=O) groups is 1. The normalized spacial score (nSPS) is 20.0. The van der Waals surface area contributed by atoms with Gasteiger partial charge >= 0.3 is 0 Å². The molecule has 2 heterocycles. The first-order valence-electron chi connectivity index (χ1n) is 8.25. The Hall–Kier alpha value is -1.76. The minimum Gasteiger partial charge on any atom is -0.368 e. The van der Waals surface area contributed by atoms with Crippen molar-refractivity contribution in [2.75, 3.05) is 19.7 Å². The van der Waals surface area contributed by atoms with Gasteiger partial charge in [0.25, 0.3) is 0 Å². The Kier molecular flexibility index (Phi) is 5.60. The molecule has 0 radical (unpaired) electrons. The Morgan fingerprint density at radius 1 is 1.38 bits per heavy atom. The largest absolute Gasteiger partial charge is 0.368 e. The quantitative estimate of drug-likeness (QED) is 0.905. The van der Waals surface area contributed by atoms with Gasteiger partial charge in [0.05, 0.1) is 6.61 Å². The van der Waals surface area contributed by atoms with Crippen molar-refractivity contribution < 1.29 is 9.53 Å². The number of ether oxygens (including phenoxy) is 1. The number of benzene rings is 1. The summed E-state index contributed by atoms with van der Waals surface area (Å²) in [5.74, 6) is 0.0380. The topological polar surface area (TPSA) is 54.5 Å². The van der Waals surface area contributed by atoms with Crippen LogP contribution >= 0.6 is 11.3 Å². The van der Waals surface area contributed by atoms with E-state index in [2.05, 4.69) is 15.2 Å². The molecule has 0 saturated carbocycles. The highest BCUT2D eigenvalue weighted by Crippen LogP contribution is 2.30. The number of aromatic nitrogens is 1. The first-order chi connectivity index (χ1) is 11.6. The molecule has 1 aromatic heterocycles. The lowest BCUT2D eigenvalue weighted by Crippen LogP contribution is -2.47. The molecule has 5 nitrogen and oxygen atoms in total. The monoisotopic (exact) mass is 345 g/mol. The second-order valence-electron chi connectivity index (χ2n) is 6.20. The smallest absolute Gasteiger partial charge is 0.242 e. The maximum absolute atomic E-state index is 12.8. The van der Waals surface area contributed by atoms with Crippen molar-refractivity contribution in [1.82, 2.24) is 15.2 Å². The molecule has 2 atom stereocenters. The predicted octanol–water partition coefficient (Wildman–Crippen LogP) is 2.78. The third-order valence-corrected chi connectivity index (χ3v) is 4.85. The molecule has 2 aromatic rings. The fourth-order valence-corrected chi connectivity index (χ4v) is 3.65. The van der Waals surface area contributed by atoms with Crippen molar-refractivity contribution in [2.24, 2.45) is 0 Å². The Bertz CT molecular complexity index is 646. The Morgan fingerprint density at radius 2 is 2.17 bits per heavy atom. The lowest BCUT2D eigenvalue weighted by molar-refractivity contribution is -0.131. The van der Waals surface area contributed by atoms with Crippen molar-refractivity contribution in [1.29, 1.82) is 0 Å². The molecule has 1 aliphatic rings. The van der Waals surface area contributed by atoms with Crippen LogP contribution in [0.3, 0.4) is 0 Å². The Balaban J connectivity index is 1.83. The van der Waals surface area contributed by atoms with Gasteiger partial charge in [-0.1, -0.05) is 30.3 Å². The van der Waals surface area contributed by atoms with Gasteiger partial charge in [0.1, 0.15) is 17.2 Å². The number of thiazole rings is 1. The lowest BCUT2D eigenvalue weighted by Gasteiger charge is -2.37. The molecule has 1 aromatic carbocycles. The Morgan fingerprint density at radius 3 is 2.83 bits per heavy atom. The average Bonchev–Trinajstić information content (AvgIpc) is 3.10. The summed E-state index contributed by atoms with van der Waals surface area (Å²) in [5, 5.41) is 5.98. The van der Waals surface area contributed by atoms with Gasteiger partial charge in [0, 0.05) is 30.7 Å². The van der Waals surface area contributed by atoms with Gasteiger partial charge in [-0.2, -0.15) is 0 Å². The van der Waals surface area contributed by atoms with E-state index in [1.165, 1.54) is 0 Å². The van der Waals surface area contributed by atoms with Crippen LogP contribution in [0.2, 0.25) is 0 Å². The van der Waals surface area contributed by atoms with Crippen LogP contribution in [-0.2, 0) is 9.53 Å². The number of nitrogens with one attached hydrogen (secondary N) is 1. The highest BCUT2D eigenvalue weighted by molar-refractivity contribution is 7.09. The summed E-state index contributed by atoms with van der Waals surface area (Å²) in [4.78, 5) is 19.4. The van der Waals surface area contributed by atoms with Gasteiger partial charge in [-0.3, -0.25) is 9.69 Å². The van der Waals surface area contributed by atoms with Gasteiger partial charge < -0.3 is 10.1 Å². The fourth-order valence-electron chi connectivity index (χ4n) is 2.97. The first kappa shape index (κ1) is 17.1. The van der Waals surface area contributed by atoms with E-state index in [9.17, 15) is 4.79 Å². The van der Waals surface area contributed by atoms with E-state index in [4.69, 9.17) is 4.74 Å². The van der Waals surface area contributed by atoms with E-state index in [0.29, 0.717) is 13.2 Å². The van der Waals surface area contributed by atoms with Gasteiger partial charge in [0.15, 0.2) is 0 Å². The third kappa shape index (κ3) is 4.01. The standard InChI is InChI=1S/C18H23N3O2S/c1-13(2)20-17(22)16(14-6-4-3-5-7-14)21-9-10-23-15(12-21)18-19-8-11-24-18/h3-8,11,13,15-16H,9-10,12H2,1-2H3,(H,20,22)/t15-,16-/m0/s1.